The van der Waals surface area contributed by atoms with Gasteiger partial charge in [0, 0.05) is 47.5 Å². The minimum atomic E-state index is 0.621. The predicted octanol–water partition coefficient (Wildman–Crippen LogP) is 2.40. The molecule has 14 heavy (non-hydrogen) atoms. The van der Waals surface area contributed by atoms with Crippen molar-refractivity contribution in [2.75, 3.05) is 28.3 Å². The predicted molar refractivity (Wildman–Crippen MR) is 66.5 cm³/mol. The molecule has 1 aliphatic heterocycles. The van der Waals surface area contributed by atoms with E-state index in [0.29, 0.717) is 6.04 Å². The molecule has 1 aromatic rings. The van der Waals surface area contributed by atoms with Gasteiger partial charge in [0.1, 0.15) is 0 Å². The standard InChI is InChI=1S/C10H13BrN2S/c11-7-10-8-14-6-5-13(10)9-1-3-12-4-2-9/h1-4,10H,5-8H2. The molecule has 0 saturated carbocycles. The summed E-state index contributed by atoms with van der Waals surface area (Å²) in [6, 6.07) is 4.80. The Bertz CT molecular complexity index is 281. The van der Waals surface area contributed by atoms with Crippen LogP contribution in [0.2, 0.25) is 0 Å². The quantitative estimate of drug-likeness (QED) is 0.770. The zero-order valence-corrected chi connectivity index (χ0v) is 10.3. The lowest BCUT2D eigenvalue weighted by molar-refractivity contribution is 0.711. The Balaban J connectivity index is 2.15. The van der Waals surface area contributed by atoms with Gasteiger partial charge in [-0.2, -0.15) is 11.8 Å². The maximum absolute atomic E-state index is 4.05. The summed E-state index contributed by atoms with van der Waals surface area (Å²) in [7, 11) is 0. The number of nitrogens with zero attached hydrogens (tertiary/aromatic N) is 2. The van der Waals surface area contributed by atoms with Gasteiger partial charge >= 0.3 is 0 Å². The van der Waals surface area contributed by atoms with Crippen LogP contribution < -0.4 is 4.90 Å². The molecule has 0 aliphatic carbocycles. The maximum atomic E-state index is 4.05. The van der Waals surface area contributed by atoms with Crippen LogP contribution >= 0.6 is 27.7 Å². The van der Waals surface area contributed by atoms with Crippen LogP contribution in [0.3, 0.4) is 0 Å². The van der Waals surface area contributed by atoms with Crippen molar-refractivity contribution in [2.24, 2.45) is 0 Å². The molecule has 2 nitrogen and oxygen atoms in total. The summed E-state index contributed by atoms with van der Waals surface area (Å²) in [5.74, 6) is 2.44. The number of thioether (sulfide) groups is 1. The molecule has 0 aromatic carbocycles. The van der Waals surface area contributed by atoms with E-state index in [2.05, 4.69) is 37.9 Å². The summed E-state index contributed by atoms with van der Waals surface area (Å²) in [6.07, 6.45) is 3.73. The Hall–Kier alpha value is -0.220. The molecule has 0 bridgehead atoms. The summed E-state index contributed by atoms with van der Waals surface area (Å²) in [5.41, 5.74) is 1.30. The van der Waals surface area contributed by atoms with E-state index in [-0.39, 0.29) is 0 Å². The lowest BCUT2D eigenvalue weighted by Gasteiger charge is -2.36. The van der Waals surface area contributed by atoms with E-state index in [0.717, 1.165) is 11.9 Å². The summed E-state index contributed by atoms with van der Waals surface area (Å²) in [4.78, 5) is 6.51. The fourth-order valence-electron chi connectivity index (χ4n) is 1.66. The van der Waals surface area contributed by atoms with Crippen LogP contribution in [0.15, 0.2) is 24.5 Å². The number of pyridine rings is 1. The van der Waals surface area contributed by atoms with Gasteiger partial charge in [-0.1, -0.05) is 15.9 Å². The third kappa shape index (κ3) is 2.23. The molecular weight excluding hydrogens is 260 g/mol. The second-order valence-corrected chi connectivity index (χ2v) is 5.08. The van der Waals surface area contributed by atoms with Gasteiger partial charge in [0.05, 0.1) is 0 Å². The molecule has 1 saturated heterocycles. The van der Waals surface area contributed by atoms with Crippen molar-refractivity contribution < 1.29 is 0 Å². The third-order valence-corrected chi connectivity index (χ3v) is 4.24. The molecule has 1 aromatic heterocycles. The Morgan fingerprint density at radius 2 is 2.29 bits per heavy atom. The summed E-state index contributed by atoms with van der Waals surface area (Å²) in [5, 5.41) is 1.04. The summed E-state index contributed by atoms with van der Waals surface area (Å²) >= 11 is 5.62. The first-order valence-corrected chi connectivity index (χ1v) is 7.00. The van der Waals surface area contributed by atoms with E-state index in [1.165, 1.54) is 17.2 Å². The van der Waals surface area contributed by atoms with Gasteiger partial charge < -0.3 is 4.90 Å². The first kappa shape index (κ1) is 10.3. The molecule has 4 heteroatoms. The lowest BCUT2D eigenvalue weighted by Crippen LogP contribution is -2.43. The smallest absolute Gasteiger partial charge is 0.0477 e. The number of anilines is 1. The lowest BCUT2D eigenvalue weighted by atomic mass is 10.2. The highest BCUT2D eigenvalue weighted by Crippen LogP contribution is 2.24. The van der Waals surface area contributed by atoms with Crippen LogP contribution in [-0.4, -0.2) is 34.4 Å². The number of hydrogen-bond acceptors (Lipinski definition) is 3. The zero-order chi connectivity index (χ0) is 9.80. The fourth-order valence-corrected chi connectivity index (χ4v) is 3.60. The third-order valence-electron chi connectivity index (χ3n) is 2.40. The Morgan fingerprint density at radius 1 is 1.50 bits per heavy atom. The molecule has 2 heterocycles. The molecule has 0 amide bonds. The molecular formula is C10H13BrN2S. The van der Waals surface area contributed by atoms with Crippen molar-refractivity contribution in [3.63, 3.8) is 0 Å². The topological polar surface area (TPSA) is 16.1 Å². The monoisotopic (exact) mass is 272 g/mol. The zero-order valence-electron chi connectivity index (χ0n) is 7.90. The Morgan fingerprint density at radius 3 is 3.00 bits per heavy atom. The maximum Gasteiger partial charge on any atom is 0.0477 e. The molecule has 0 N–H and O–H groups in total. The van der Waals surface area contributed by atoms with Crippen LogP contribution in [0, 0.1) is 0 Å². The molecule has 0 radical (unpaired) electrons. The van der Waals surface area contributed by atoms with E-state index in [4.69, 9.17) is 0 Å². The molecule has 1 atom stereocenters. The Kier molecular flexibility index (Phi) is 3.70. The highest BCUT2D eigenvalue weighted by Gasteiger charge is 2.21. The molecule has 1 unspecified atom stereocenters. The first-order valence-electron chi connectivity index (χ1n) is 4.72. The van der Waals surface area contributed by atoms with Crippen LogP contribution in [0.1, 0.15) is 0 Å². The van der Waals surface area contributed by atoms with Crippen molar-refractivity contribution in [1.29, 1.82) is 0 Å². The van der Waals surface area contributed by atoms with Crippen LogP contribution in [-0.2, 0) is 0 Å². The summed E-state index contributed by atoms with van der Waals surface area (Å²) < 4.78 is 0. The van der Waals surface area contributed by atoms with E-state index in [9.17, 15) is 0 Å². The van der Waals surface area contributed by atoms with Crippen molar-refractivity contribution in [1.82, 2.24) is 4.98 Å². The number of hydrogen-bond donors (Lipinski definition) is 0. The van der Waals surface area contributed by atoms with Gasteiger partial charge in [-0.05, 0) is 12.1 Å². The summed E-state index contributed by atoms with van der Waals surface area (Å²) in [6.45, 7) is 1.14. The number of aromatic nitrogens is 1. The number of halogens is 1. The van der Waals surface area contributed by atoms with Crippen LogP contribution in [0.4, 0.5) is 5.69 Å². The fraction of sp³-hybridized carbons (Fsp3) is 0.500. The molecule has 76 valence electrons. The van der Waals surface area contributed by atoms with Gasteiger partial charge in [-0.3, -0.25) is 4.98 Å². The van der Waals surface area contributed by atoms with Crippen molar-refractivity contribution in [2.45, 2.75) is 6.04 Å². The minimum absolute atomic E-state index is 0.621. The van der Waals surface area contributed by atoms with E-state index >= 15 is 0 Å². The molecule has 1 aliphatic rings. The van der Waals surface area contributed by atoms with E-state index < -0.39 is 0 Å². The first-order chi connectivity index (χ1) is 6.92. The van der Waals surface area contributed by atoms with Gasteiger partial charge in [0.2, 0.25) is 0 Å². The van der Waals surface area contributed by atoms with Crippen LogP contribution in [0.25, 0.3) is 0 Å². The average molecular weight is 273 g/mol. The molecule has 2 rings (SSSR count). The normalized spacial score (nSPS) is 22.4. The van der Waals surface area contributed by atoms with Gasteiger partial charge in [-0.25, -0.2) is 0 Å². The van der Waals surface area contributed by atoms with Crippen LogP contribution in [0.5, 0.6) is 0 Å². The van der Waals surface area contributed by atoms with E-state index in [1.807, 2.05) is 24.2 Å². The van der Waals surface area contributed by atoms with Crippen molar-refractivity contribution in [3.8, 4) is 0 Å². The SMILES string of the molecule is BrCC1CSCCN1c1ccncc1. The Labute approximate surface area is 97.2 Å². The second-order valence-electron chi connectivity index (χ2n) is 3.28. The van der Waals surface area contributed by atoms with Gasteiger partial charge in [0.15, 0.2) is 0 Å². The largest absolute Gasteiger partial charge is 0.366 e. The van der Waals surface area contributed by atoms with Gasteiger partial charge in [0.25, 0.3) is 0 Å². The van der Waals surface area contributed by atoms with Crippen molar-refractivity contribution in [3.05, 3.63) is 24.5 Å². The second kappa shape index (κ2) is 5.03. The number of alkyl halides is 1. The molecule has 1 fully saturated rings. The van der Waals surface area contributed by atoms with Gasteiger partial charge in [-0.15, -0.1) is 0 Å². The van der Waals surface area contributed by atoms with Crippen molar-refractivity contribution >= 4 is 33.4 Å². The highest BCUT2D eigenvalue weighted by atomic mass is 79.9. The van der Waals surface area contributed by atoms with E-state index in [1.54, 1.807) is 0 Å². The highest BCUT2D eigenvalue weighted by molar-refractivity contribution is 9.09. The molecule has 0 spiro atoms. The number of rotatable bonds is 2. The average Bonchev–Trinajstić information content (AvgIpc) is 2.30. The minimum Gasteiger partial charge on any atom is -0.366 e.